The Hall–Kier alpha value is -0.730. The Labute approximate surface area is 114 Å². The van der Waals surface area contributed by atoms with Crippen molar-refractivity contribution in [1.82, 2.24) is 0 Å². The van der Waals surface area contributed by atoms with Crippen LogP contribution in [0.4, 0.5) is 5.69 Å². The Bertz CT molecular complexity index is 394. The molecule has 0 spiro atoms. The van der Waals surface area contributed by atoms with Crippen molar-refractivity contribution in [1.29, 1.82) is 0 Å². The summed E-state index contributed by atoms with van der Waals surface area (Å²) >= 11 is 5.91. The molecule has 0 saturated heterocycles. The Balaban J connectivity index is 1.91. The van der Waals surface area contributed by atoms with Gasteiger partial charge in [0.05, 0.1) is 23.4 Å². The molecule has 1 aliphatic carbocycles. The highest BCUT2D eigenvalue weighted by Crippen LogP contribution is 2.30. The lowest BCUT2D eigenvalue weighted by Crippen LogP contribution is -2.27. The van der Waals surface area contributed by atoms with E-state index in [2.05, 4.69) is 6.92 Å². The molecular formula is C15H22ClNO. The van der Waals surface area contributed by atoms with E-state index in [0.717, 1.165) is 11.5 Å². The third-order valence-electron chi connectivity index (χ3n) is 3.89. The van der Waals surface area contributed by atoms with Gasteiger partial charge in [0, 0.05) is 0 Å². The highest BCUT2D eigenvalue weighted by atomic mass is 35.5. The SMILES string of the molecule is CCC1CCCCC1OCc1ccc(Cl)c(N)c1. The molecule has 3 heteroatoms. The van der Waals surface area contributed by atoms with Crippen LogP contribution < -0.4 is 5.73 Å². The van der Waals surface area contributed by atoms with Gasteiger partial charge in [-0.3, -0.25) is 0 Å². The second-order valence-corrected chi connectivity index (χ2v) is 5.57. The minimum atomic E-state index is 0.417. The number of anilines is 1. The number of benzene rings is 1. The average Bonchev–Trinajstić information content (AvgIpc) is 2.40. The number of ether oxygens (including phenoxy) is 1. The van der Waals surface area contributed by atoms with Gasteiger partial charge in [0.1, 0.15) is 0 Å². The van der Waals surface area contributed by atoms with Crippen molar-refractivity contribution in [2.75, 3.05) is 5.73 Å². The summed E-state index contributed by atoms with van der Waals surface area (Å²) < 4.78 is 6.07. The molecule has 1 aromatic carbocycles. The molecule has 2 rings (SSSR count). The number of nitrogen functional groups attached to an aromatic ring is 1. The van der Waals surface area contributed by atoms with Crippen molar-refractivity contribution in [3.63, 3.8) is 0 Å². The third-order valence-corrected chi connectivity index (χ3v) is 4.23. The Morgan fingerprint density at radius 2 is 2.11 bits per heavy atom. The van der Waals surface area contributed by atoms with Gasteiger partial charge in [-0.1, -0.05) is 43.9 Å². The summed E-state index contributed by atoms with van der Waals surface area (Å²) in [5, 5.41) is 0.614. The standard InChI is InChI=1S/C15H22ClNO/c1-2-12-5-3-4-6-15(12)18-10-11-7-8-13(16)14(17)9-11/h7-9,12,15H,2-6,10,17H2,1H3. The molecule has 1 saturated carbocycles. The predicted molar refractivity (Wildman–Crippen MR) is 76.7 cm³/mol. The highest BCUT2D eigenvalue weighted by molar-refractivity contribution is 6.33. The molecule has 1 fully saturated rings. The van der Waals surface area contributed by atoms with E-state index in [1.807, 2.05) is 18.2 Å². The van der Waals surface area contributed by atoms with E-state index in [1.165, 1.54) is 32.1 Å². The van der Waals surface area contributed by atoms with Gasteiger partial charge in [-0.05, 0) is 36.5 Å². The Morgan fingerprint density at radius 1 is 1.33 bits per heavy atom. The topological polar surface area (TPSA) is 35.2 Å². The maximum Gasteiger partial charge on any atom is 0.0721 e. The fraction of sp³-hybridized carbons (Fsp3) is 0.600. The van der Waals surface area contributed by atoms with E-state index >= 15 is 0 Å². The van der Waals surface area contributed by atoms with Crippen molar-refractivity contribution in [2.24, 2.45) is 5.92 Å². The number of hydrogen-bond acceptors (Lipinski definition) is 2. The van der Waals surface area contributed by atoms with Crippen LogP contribution in [0.15, 0.2) is 18.2 Å². The van der Waals surface area contributed by atoms with Crippen LogP contribution in [-0.4, -0.2) is 6.10 Å². The zero-order chi connectivity index (χ0) is 13.0. The van der Waals surface area contributed by atoms with Gasteiger partial charge in [-0.25, -0.2) is 0 Å². The lowest BCUT2D eigenvalue weighted by atomic mass is 9.85. The van der Waals surface area contributed by atoms with Crippen LogP contribution in [0.2, 0.25) is 5.02 Å². The van der Waals surface area contributed by atoms with E-state index in [1.54, 1.807) is 0 Å². The summed E-state index contributed by atoms with van der Waals surface area (Å²) in [5.41, 5.74) is 7.54. The van der Waals surface area contributed by atoms with E-state index in [0.29, 0.717) is 23.4 Å². The van der Waals surface area contributed by atoms with Gasteiger partial charge in [0.25, 0.3) is 0 Å². The number of hydrogen-bond donors (Lipinski definition) is 1. The fourth-order valence-electron chi connectivity index (χ4n) is 2.75. The summed E-state index contributed by atoms with van der Waals surface area (Å²) in [4.78, 5) is 0. The number of rotatable bonds is 4. The van der Waals surface area contributed by atoms with Gasteiger partial charge < -0.3 is 10.5 Å². The van der Waals surface area contributed by atoms with Crippen LogP contribution in [0.25, 0.3) is 0 Å². The molecule has 0 bridgehead atoms. The van der Waals surface area contributed by atoms with Crippen LogP contribution in [0.5, 0.6) is 0 Å². The maximum atomic E-state index is 6.07. The van der Waals surface area contributed by atoms with Crippen molar-refractivity contribution in [3.8, 4) is 0 Å². The molecule has 0 aliphatic heterocycles. The first-order chi connectivity index (χ1) is 8.70. The van der Waals surface area contributed by atoms with Crippen molar-refractivity contribution < 1.29 is 4.74 Å². The molecule has 2 unspecified atom stereocenters. The minimum Gasteiger partial charge on any atom is -0.398 e. The van der Waals surface area contributed by atoms with Crippen molar-refractivity contribution in [3.05, 3.63) is 28.8 Å². The Morgan fingerprint density at radius 3 is 2.83 bits per heavy atom. The largest absolute Gasteiger partial charge is 0.398 e. The van der Waals surface area contributed by atoms with Gasteiger partial charge in [0.2, 0.25) is 0 Å². The van der Waals surface area contributed by atoms with Crippen LogP contribution in [0.3, 0.4) is 0 Å². The summed E-state index contributed by atoms with van der Waals surface area (Å²) in [7, 11) is 0. The van der Waals surface area contributed by atoms with E-state index in [9.17, 15) is 0 Å². The molecule has 100 valence electrons. The summed E-state index contributed by atoms with van der Waals surface area (Å²) in [6, 6.07) is 5.74. The fourth-order valence-corrected chi connectivity index (χ4v) is 2.86. The van der Waals surface area contributed by atoms with Gasteiger partial charge >= 0.3 is 0 Å². The normalized spacial score (nSPS) is 24.1. The molecule has 0 amide bonds. The molecule has 1 aromatic rings. The summed E-state index contributed by atoms with van der Waals surface area (Å²) in [5.74, 6) is 0.725. The van der Waals surface area contributed by atoms with Gasteiger partial charge in [-0.2, -0.15) is 0 Å². The van der Waals surface area contributed by atoms with Crippen LogP contribution in [0.1, 0.15) is 44.6 Å². The zero-order valence-electron chi connectivity index (χ0n) is 11.0. The van der Waals surface area contributed by atoms with Crippen LogP contribution >= 0.6 is 11.6 Å². The quantitative estimate of drug-likeness (QED) is 0.821. The molecule has 0 heterocycles. The molecule has 2 atom stereocenters. The lowest BCUT2D eigenvalue weighted by Gasteiger charge is -2.30. The van der Waals surface area contributed by atoms with Crippen LogP contribution in [0, 0.1) is 5.92 Å². The number of halogens is 1. The smallest absolute Gasteiger partial charge is 0.0721 e. The second-order valence-electron chi connectivity index (χ2n) is 5.16. The first kappa shape index (κ1) is 13.7. The summed E-state index contributed by atoms with van der Waals surface area (Å²) in [6.07, 6.45) is 6.79. The van der Waals surface area contributed by atoms with E-state index < -0.39 is 0 Å². The molecule has 0 radical (unpaired) electrons. The van der Waals surface area contributed by atoms with Gasteiger partial charge in [0.15, 0.2) is 0 Å². The maximum absolute atomic E-state index is 6.07. The molecule has 2 N–H and O–H groups in total. The molecule has 18 heavy (non-hydrogen) atoms. The Kier molecular flexibility index (Phi) is 4.90. The first-order valence-corrected chi connectivity index (χ1v) is 7.24. The molecule has 2 nitrogen and oxygen atoms in total. The van der Waals surface area contributed by atoms with Crippen molar-refractivity contribution in [2.45, 2.75) is 51.7 Å². The zero-order valence-corrected chi connectivity index (χ0v) is 11.7. The molecular weight excluding hydrogens is 246 g/mol. The third kappa shape index (κ3) is 3.39. The monoisotopic (exact) mass is 267 g/mol. The van der Waals surface area contributed by atoms with Crippen LogP contribution in [-0.2, 0) is 11.3 Å². The molecule has 1 aliphatic rings. The van der Waals surface area contributed by atoms with E-state index in [-0.39, 0.29) is 0 Å². The van der Waals surface area contributed by atoms with Crippen molar-refractivity contribution >= 4 is 17.3 Å². The first-order valence-electron chi connectivity index (χ1n) is 6.86. The second kappa shape index (κ2) is 6.44. The summed E-state index contributed by atoms with van der Waals surface area (Å²) in [6.45, 7) is 2.90. The average molecular weight is 268 g/mol. The lowest BCUT2D eigenvalue weighted by molar-refractivity contribution is -0.0221. The predicted octanol–water partition coefficient (Wildman–Crippen LogP) is 4.41. The minimum absolute atomic E-state index is 0.417. The number of nitrogens with two attached hydrogens (primary N) is 1. The molecule has 0 aromatic heterocycles. The van der Waals surface area contributed by atoms with Gasteiger partial charge in [-0.15, -0.1) is 0 Å². The van der Waals surface area contributed by atoms with E-state index in [4.69, 9.17) is 22.1 Å². The highest BCUT2D eigenvalue weighted by Gasteiger charge is 2.24.